The molecule has 2 rings (SSSR count). The molecule has 1 aromatic heterocycles. The Morgan fingerprint density at radius 2 is 2.00 bits per heavy atom. The van der Waals surface area contributed by atoms with E-state index in [2.05, 4.69) is 46.4 Å². The summed E-state index contributed by atoms with van der Waals surface area (Å²) in [6, 6.07) is 0. The van der Waals surface area contributed by atoms with Crippen LogP contribution in [0.1, 0.15) is 57.0 Å². The van der Waals surface area contributed by atoms with Crippen LogP contribution in [-0.4, -0.2) is 17.1 Å². The second-order valence-corrected chi connectivity index (χ2v) is 6.25. The Balaban J connectivity index is 2.55. The van der Waals surface area contributed by atoms with Crippen LogP contribution in [-0.2, 0) is 10.3 Å². The van der Waals surface area contributed by atoms with Gasteiger partial charge in [0.15, 0.2) is 0 Å². The van der Waals surface area contributed by atoms with E-state index >= 15 is 0 Å². The first-order valence-electron chi connectivity index (χ1n) is 6.35. The maximum Gasteiger partial charge on any atom is 0.264 e. The normalized spacial score (nSPS) is 18.5. The molecule has 1 saturated carbocycles. The topological polar surface area (TPSA) is 55.0 Å². The number of aromatic amines is 1. The molecular weight excluding hydrogens is 343 g/mol. The standard InChI is InChI=1S/C13H19IN2O2/c1-8(2)10-9(14)11(17)16-12(15-10)13(18-3)6-4-5-7-13/h8H,4-7H2,1-3H3,(H,15,16,17). The van der Waals surface area contributed by atoms with Crippen LogP contribution in [0.5, 0.6) is 0 Å². The molecular formula is C13H19IN2O2. The second-order valence-electron chi connectivity index (χ2n) is 5.17. The lowest BCUT2D eigenvalue weighted by Crippen LogP contribution is -2.32. The SMILES string of the molecule is COC1(c2nc(C(C)C)c(I)c(=O)[nH]2)CCCC1. The zero-order valence-corrected chi connectivity index (χ0v) is 13.2. The molecule has 0 unspecified atom stereocenters. The van der Waals surface area contributed by atoms with Crippen molar-refractivity contribution in [3.05, 3.63) is 25.4 Å². The van der Waals surface area contributed by atoms with E-state index in [4.69, 9.17) is 4.74 Å². The van der Waals surface area contributed by atoms with Crippen LogP contribution in [0.25, 0.3) is 0 Å². The highest BCUT2D eigenvalue weighted by Gasteiger charge is 2.38. The Bertz CT molecular complexity index is 490. The van der Waals surface area contributed by atoms with Crippen LogP contribution < -0.4 is 5.56 Å². The highest BCUT2D eigenvalue weighted by atomic mass is 127. The molecule has 0 spiro atoms. The number of nitrogens with one attached hydrogen (secondary N) is 1. The summed E-state index contributed by atoms with van der Waals surface area (Å²) in [6.07, 6.45) is 4.12. The average molecular weight is 362 g/mol. The Hall–Kier alpha value is -0.430. The van der Waals surface area contributed by atoms with Gasteiger partial charge in [0, 0.05) is 7.11 Å². The van der Waals surface area contributed by atoms with E-state index in [-0.39, 0.29) is 17.1 Å². The summed E-state index contributed by atoms with van der Waals surface area (Å²) in [6.45, 7) is 4.11. The van der Waals surface area contributed by atoms with Gasteiger partial charge in [-0.15, -0.1) is 0 Å². The molecule has 0 bridgehead atoms. The Morgan fingerprint density at radius 1 is 1.39 bits per heavy atom. The highest BCUT2D eigenvalue weighted by molar-refractivity contribution is 14.1. The van der Waals surface area contributed by atoms with E-state index in [0.717, 1.165) is 31.4 Å². The van der Waals surface area contributed by atoms with Gasteiger partial charge in [0.25, 0.3) is 5.56 Å². The first kappa shape index (κ1) is 14.0. The zero-order valence-electron chi connectivity index (χ0n) is 11.0. The molecule has 0 radical (unpaired) electrons. The minimum atomic E-state index is -0.382. The van der Waals surface area contributed by atoms with Crippen molar-refractivity contribution in [2.45, 2.75) is 51.0 Å². The van der Waals surface area contributed by atoms with Crippen molar-refractivity contribution in [2.75, 3.05) is 7.11 Å². The summed E-state index contributed by atoms with van der Waals surface area (Å²) in [5, 5.41) is 0. The van der Waals surface area contributed by atoms with Crippen molar-refractivity contribution < 1.29 is 4.74 Å². The number of halogens is 1. The quantitative estimate of drug-likeness (QED) is 0.842. The number of H-pyrrole nitrogens is 1. The smallest absolute Gasteiger partial charge is 0.264 e. The zero-order chi connectivity index (χ0) is 13.3. The first-order valence-corrected chi connectivity index (χ1v) is 7.43. The van der Waals surface area contributed by atoms with Gasteiger partial charge in [-0.2, -0.15) is 0 Å². The number of ether oxygens (including phenoxy) is 1. The molecule has 18 heavy (non-hydrogen) atoms. The lowest BCUT2D eigenvalue weighted by atomic mass is 10.0. The van der Waals surface area contributed by atoms with Gasteiger partial charge < -0.3 is 9.72 Å². The minimum absolute atomic E-state index is 0.0485. The third kappa shape index (κ3) is 2.34. The maximum absolute atomic E-state index is 12.0. The molecule has 0 atom stereocenters. The molecule has 1 heterocycles. The Labute approximate surface area is 121 Å². The van der Waals surface area contributed by atoms with Crippen molar-refractivity contribution in [3.8, 4) is 0 Å². The van der Waals surface area contributed by atoms with Crippen LogP contribution in [0, 0.1) is 3.57 Å². The van der Waals surface area contributed by atoms with Crippen molar-refractivity contribution >= 4 is 22.6 Å². The largest absolute Gasteiger partial charge is 0.370 e. The van der Waals surface area contributed by atoms with E-state index in [1.54, 1.807) is 7.11 Å². The van der Waals surface area contributed by atoms with E-state index in [1.807, 2.05) is 0 Å². The number of aromatic nitrogens is 2. The van der Waals surface area contributed by atoms with Gasteiger partial charge in [0.05, 0.1) is 9.26 Å². The Kier molecular flexibility index (Phi) is 4.11. The number of hydrogen-bond acceptors (Lipinski definition) is 3. The van der Waals surface area contributed by atoms with Crippen LogP contribution in [0.15, 0.2) is 4.79 Å². The van der Waals surface area contributed by atoms with Gasteiger partial charge in [-0.25, -0.2) is 4.98 Å². The lowest BCUT2D eigenvalue weighted by molar-refractivity contribution is -0.0167. The summed E-state index contributed by atoms with van der Waals surface area (Å²) in [5.41, 5.74) is 0.443. The highest BCUT2D eigenvalue weighted by Crippen LogP contribution is 2.40. The molecule has 1 aromatic rings. The van der Waals surface area contributed by atoms with Crippen LogP contribution in [0.4, 0.5) is 0 Å². The number of nitrogens with zero attached hydrogens (tertiary/aromatic N) is 1. The summed E-state index contributed by atoms with van der Waals surface area (Å²) >= 11 is 2.07. The molecule has 0 aliphatic heterocycles. The van der Waals surface area contributed by atoms with Crippen molar-refractivity contribution in [2.24, 2.45) is 0 Å². The van der Waals surface area contributed by atoms with E-state index in [0.29, 0.717) is 9.39 Å². The molecule has 1 aliphatic rings. The van der Waals surface area contributed by atoms with Crippen molar-refractivity contribution in [1.82, 2.24) is 9.97 Å². The van der Waals surface area contributed by atoms with Gasteiger partial charge in [-0.05, 0) is 54.2 Å². The number of methoxy groups -OCH3 is 1. The molecule has 1 N–H and O–H groups in total. The monoisotopic (exact) mass is 362 g/mol. The molecule has 4 nitrogen and oxygen atoms in total. The fourth-order valence-electron chi connectivity index (χ4n) is 2.56. The summed E-state index contributed by atoms with van der Waals surface area (Å²) < 4.78 is 6.37. The predicted molar refractivity (Wildman–Crippen MR) is 78.8 cm³/mol. The fraction of sp³-hybridized carbons (Fsp3) is 0.692. The van der Waals surface area contributed by atoms with Crippen LogP contribution in [0.2, 0.25) is 0 Å². The van der Waals surface area contributed by atoms with E-state index < -0.39 is 0 Å². The maximum atomic E-state index is 12.0. The van der Waals surface area contributed by atoms with E-state index in [1.165, 1.54) is 0 Å². The summed E-state index contributed by atoms with van der Waals surface area (Å²) in [7, 11) is 1.71. The number of hydrogen-bond donors (Lipinski definition) is 1. The third-order valence-electron chi connectivity index (χ3n) is 3.67. The minimum Gasteiger partial charge on any atom is -0.370 e. The second kappa shape index (κ2) is 5.28. The molecule has 0 amide bonds. The lowest BCUT2D eigenvalue weighted by Gasteiger charge is -2.27. The van der Waals surface area contributed by atoms with Gasteiger partial charge in [0.1, 0.15) is 11.4 Å². The van der Waals surface area contributed by atoms with Gasteiger partial charge >= 0.3 is 0 Å². The van der Waals surface area contributed by atoms with Crippen LogP contribution >= 0.6 is 22.6 Å². The fourth-order valence-corrected chi connectivity index (χ4v) is 3.44. The Morgan fingerprint density at radius 3 is 2.50 bits per heavy atom. The molecule has 0 aromatic carbocycles. The van der Waals surface area contributed by atoms with E-state index in [9.17, 15) is 4.79 Å². The van der Waals surface area contributed by atoms with Gasteiger partial charge in [-0.1, -0.05) is 13.8 Å². The number of rotatable bonds is 3. The molecule has 5 heteroatoms. The molecule has 1 aliphatic carbocycles. The average Bonchev–Trinajstić information content (AvgIpc) is 2.82. The molecule has 1 fully saturated rings. The van der Waals surface area contributed by atoms with Crippen molar-refractivity contribution in [1.29, 1.82) is 0 Å². The molecule has 0 saturated heterocycles. The molecule has 100 valence electrons. The summed E-state index contributed by atoms with van der Waals surface area (Å²) in [4.78, 5) is 19.6. The summed E-state index contributed by atoms with van der Waals surface area (Å²) in [5.74, 6) is 0.949. The third-order valence-corrected chi connectivity index (χ3v) is 4.71. The first-order chi connectivity index (χ1) is 8.50. The van der Waals surface area contributed by atoms with Gasteiger partial charge in [0.2, 0.25) is 0 Å². The van der Waals surface area contributed by atoms with Crippen LogP contribution in [0.3, 0.4) is 0 Å². The predicted octanol–water partition coefficient (Wildman–Crippen LogP) is 2.91. The van der Waals surface area contributed by atoms with Gasteiger partial charge in [-0.3, -0.25) is 4.79 Å². The van der Waals surface area contributed by atoms with Crippen molar-refractivity contribution in [3.63, 3.8) is 0 Å².